The first-order chi connectivity index (χ1) is 18.9. The molecule has 2 aliphatic rings. The minimum absolute atomic E-state index is 0.0387. The molecule has 5 aromatic rings. The third kappa shape index (κ3) is 4.30. The monoisotopic (exact) mass is 525 g/mol. The van der Waals surface area contributed by atoms with Gasteiger partial charge in [0.1, 0.15) is 23.1 Å². The maximum atomic E-state index is 14.6. The maximum Gasteiger partial charge on any atom is 0.163 e. The normalized spacial score (nSPS) is 19.0. The number of fused-ring (bicyclic) bond motifs is 2. The summed E-state index contributed by atoms with van der Waals surface area (Å²) in [6.07, 6.45) is 8.71. The zero-order chi connectivity index (χ0) is 26.7. The first-order valence-electron chi connectivity index (χ1n) is 13.4. The maximum absolute atomic E-state index is 14.6. The molecule has 39 heavy (non-hydrogen) atoms. The van der Waals surface area contributed by atoms with Gasteiger partial charge in [-0.05, 0) is 73.0 Å². The van der Waals surface area contributed by atoms with E-state index in [-0.39, 0.29) is 17.0 Å². The average molecular weight is 526 g/mol. The van der Waals surface area contributed by atoms with Crippen LogP contribution in [-0.2, 0) is 0 Å². The van der Waals surface area contributed by atoms with Gasteiger partial charge in [-0.3, -0.25) is 4.98 Å². The summed E-state index contributed by atoms with van der Waals surface area (Å²) in [5, 5.41) is 9.08. The van der Waals surface area contributed by atoms with Gasteiger partial charge in [-0.15, -0.1) is 0 Å². The number of pyridine rings is 2. The summed E-state index contributed by atoms with van der Waals surface area (Å²) < 4.78 is 28.5. The van der Waals surface area contributed by atoms with Gasteiger partial charge in [0.25, 0.3) is 0 Å². The van der Waals surface area contributed by atoms with Gasteiger partial charge < -0.3 is 15.6 Å². The number of anilines is 1. The Balaban J connectivity index is 1.40. The second-order valence-electron chi connectivity index (χ2n) is 11.4. The summed E-state index contributed by atoms with van der Waals surface area (Å²) in [5.74, 6) is 0.811. The molecule has 0 amide bonds. The Labute approximate surface area is 224 Å². The molecule has 0 bridgehead atoms. The lowest BCUT2D eigenvalue weighted by molar-refractivity contribution is 0.236. The number of benzene rings is 1. The lowest BCUT2D eigenvalue weighted by Gasteiger charge is -2.40. The molecule has 1 aromatic carbocycles. The van der Waals surface area contributed by atoms with Crippen LogP contribution in [0, 0.1) is 17.0 Å². The first kappa shape index (κ1) is 24.1. The van der Waals surface area contributed by atoms with E-state index in [1.54, 1.807) is 18.5 Å². The van der Waals surface area contributed by atoms with E-state index >= 15 is 0 Å². The van der Waals surface area contributed by atoms with Crippen LogP contribution in [0.2, 0.25) is 0 Å². The number of nitrogens with one attached hydrogen (secondary N) is 3. The van der Waals surface area contributed by atoms with Gasteiger partial charge in [0.15, 0.2) is 5.82 Å². The van der Waals surface area contributed by atoms with Gasteiger partial charge in [-0.2, -0.15) is 0 Å². The summed E-state index contributed by atoms with van der Waals surface area (Å²) in [6, 6.07) is 7.29. The molecule has 9 heteroatoms. The highest BCUT2D eigenvalue weighted by molar-refractivity contribution is 5.98. The van der Waals surface area contributed by atoms with E-state index in [2.05, 4.69) is 39.4 Å². The van der Waals surface area contributed by atoms with E-state index in [0.29, 0.717) is 23.1 Å². The quantitative estimate of drug-likeness (QED) is 0.253. The highest BCUT2D eigenvalue weighted by Crippen LogP contribution is 2.45. The molecule has 3 N–H and O–H groups in total. The Kier molecular flexibility index (Phi) is 5.59. The Morgan fingerprint density at radius 1 is 1.00 bits per heavy atom. The molecule has 1 saturated carbocycles. The largest absolute Gasteiger partial charge is 0.366 e. The van der Waals surface area contributed by atoms with Crippen LogP contribution < -0.4 is 10.6 Å². The van der Waals surface area contributed by atoms with Crippen molar-refractivity contribution in [3.8, 4) is 22.6 Å². The van der Waals surface area contributed by atoms with Crippen LogP contribution in [0.4, 0.5) is 14.6 Å². The molecule has 1 atom stereocenters. The summed E-state index contributed by atoms with van der Waals surface area (Å²) in [7, 11) is 0. The number of piperidine rings is 1. The van der Waals surface area contributed by atoms with Crippen LogP contribution in [0.15, 0.2) is 48.9 Å². The molecule has 1 aliphatic carbocycles. The van der Waals surface area contributed by atoms with E-state index in [1.807, 2.05) is 12.3 Å². The molecule has 4 aromatic heterocycles. The number of H-pyrrole nitrogens is 1. The van der Waals surface area contributed by atoms with E-state index in [1.165, 1.54) is 11.6 Å². The SMILES string of the molecule is CC1(C)CNCC[C@@H]1Nc1nc(-c2ccnc3[nH]c(-c4cc(F)ccc4F)cc23)nc2cncc(C3CC3)c12. The summed E-state index contributed by atoms with van der Waals surface area (Å²) >= 11 is 0. The lowest BCUT2D eigenvalue weighted by Crippen LogP contribution is -2.49. The first-order valence-corrected chi connectivity index (χ1v) is 13.4. The van der Waals surface area contributed by atoms with Gasteiger partial charge in [-0.1, -0.05) is 13.8 Å². The van der Waals surface area contributed by atoms with Crippen molar-refractivity contribution in [3.05, 3.63) is 66.1 Å². The molecular weight excluding hydrogens is 496 g/mol. The van der Waals surface area contributed by atoms with Gasteiger partial charge in [0.05, 0.1) is 17.4 Å². The fourth-order valence-electron chi connectivity index (χ4n) is 5.71. The second kappa shape index (κ2) is 9.05. The van der Waals surface area contributed by atoms with Crippen LogP contribution in [0.3, 0.4) is 0 Å². The Morgan fingerprint density at radius 3 is 2.69 bits per heavy atom. The smallest absolute Gasteiger partial charge is 0.163 e. The number of halogens is 2. The zero-order valence-corrected chi connectivity index (χ0v) is 21.9. The molecule has 0 unspecified atom stereocenters. The number of aromatic nitrogens is 5. The van der Waals surface area contributed by atoms with Crippen LogP contribution in [-0.4, -0.2) is 44.1 Å². The minimum Gasteiger partial charge on any atom is -0.366 e. The van der Waals surface area contributed by atoms with Crippen molar-refractivity contribution in [2.75, 3.05) is 18.4 Å². The molecule has 198 valence electrons. The highest BCUT2D eigenvalue weighted by atomic mass is 19.1. The molecule has 7 nitrogen and oxygen atoms in total. The highest BCUT2D eigenvalue weighted by Gasteiger charge is 2.34. The van der Waals surface area contributed by atoms with Crippen LogP contribution in [0.5, 0.6) is 0 Å². The fraction of sp³-hybridized carbons (Fsp3) is 0.333. The van der Waals surface area contributed by atoms with Crippen molar-refractivity contribution in [2.24, 2.45) is 5.41 Å². The lowest BCUT2D eigenvalue weighted by atomic mass is 9.80. The summed E-state index contributed by atoms with van der Waals surface area (Å²) in [5.41, 5.74) is 3.91. The van der Waals surface area contributed by atoms with Gasteiger partial charge in [-0.25, -0.2) is 23.7 Å². The fourth-order valence-corrected chi connectivity index (χ4v) is 5.71. The third-order valence-electron chi connectivity index (χ3n) is 8.09. The number of nitrogens with zero attached hydrogens (tertiary/aromatic N) is 4. The van der Waals surface area contributed by atoms with Crippen LogP contribution >= 0.6 is 0 Å². The molecule has 0 radical (unpaired) electrons. The van der Waals surface area contributed by atoms with E-state index in [4.69, 9.17) is 9.97 Å². The van der Waals surface area contributed by atoms with Crippen molar-refractivity contribution in [3.63, 3.8) is 0 Å². The Hall–Kier alpha value is -3.98. The van der Waals surface area contributed by atoms with Crippen LogP contribution in [0.25, 0.3) is 44.6 Å². The minimum atomic E-state index is -0.513. The molecule has 1 aliphatic heterocycles. The molecule has 2 fully saturated rings. The topological polar surface area (TPSA) is 91.4 Å². The molecular formula is C30H29F2N7. The average Bonchev–Trinajstić information content (AvgIpc) is 3.68. The van der Waals surface area contributed by atoms with E-state index in [0.717, 1.165) is 72.2 Å². The van der Waals surface area contributed by atoms with E-state index in [9.17, 15) is 8.78 Å². The summed E-state index contributed by atoms with van der Waals surface area (Å²) in [6.45, 7) is 6.40. The molecule has 5 heterocycles. The van der Waals surface area contributed by atoms with Crippen molar-refractivity contribution in [2.45, 2.75) is 45.1 Å². The standard InChI is InChI=1S/C30H29F2N7/c1-30(2)15-33-9-8-25(30)38-29-26-21(16-3-4-16)13-34-14-24(26)37-28(39-29)18-7-10-35-27-19(18)12-23(36-27)20-11-17(31)5-6-22(20)32/h5-7,10-14,16,25,33H,3-4,8-9,15H2,1-2H3,(H,35,36)(H,37,38,39)/t25-/m0/s1. The van der Waals surface area contributed by atoms with Crippen molar-refractivity contribution >= 4 is 27.8 Å². The van der Waals surface area contributed by atoms with Gasteiger partial charge >= 0.3 is 0 Å². The molecule has 7 rings (SSSR count). The predicted molar refractivity (Wildman–Crippen MR) is 148 cm³/mol. The number of hydrogen-bond acceptors (Lipinski definition) is 6. The number of aromatic amines is 1. The van der Waals surface area contributed by atoms with Crippen molar-refractivity contribution in [1.82, 2.24) is 30.2 Å². The van der Waals surface area contributed by atoms with Gasteiger partial charge in [0.2, 0.25) is 0 Å². The molecule has 1 saturated heterocycles. The number of rotatable bonds is 5. The Bertz CT molecular complexity index is 1720. The third-order valence-corrected chi connectivity index (χ3v) is 8.09. The van der Waals surface area contributed by atoms with Crippen LogP contribution in [0.1, 0.15) is 44.6 Å². The van der Waals surface area contributed by atoms with Crippen molar-refractivity contribution in [1.29, 1.82) is 0 Å². The second-order valence-corrected chi connectivity index (χ2v) is 11.4. The Morgan fingerprint density at radius 2 is 1.87 bits per heavy atom. The summed E-state index contributed by atoms with van der Waals surface area (Å²) in [4.78, 5) is 22.2. The van der Waals surface area contributed by atoms with Gasteiger partial charge in [0, 0.05) is 46.9 Å². The zero-order valence-electron chi connectivity index (χ0n) is 21.9. The predicted octanol–water partition coefficient (Wildman–Crippen LogP) is 6.19. The molecule has 0 spiro atoms. The van der Waals surface area contributed by atoms with E-state index < -0.39 is 11.6 Å². The van der Waals surface area contributed by atoms with Crippen molar-refractivity contribution < 1.29 is 8.78 Å². The number of hydrogen-bond donors (Lipinski definition) is 3.